The maximum absolute atomic E-state index is 12.9. The van der Waals surface area contributed by atoms with Crippen molar-refractivity contribution in [1.29, 1.82) is 0 Å². The van der Waals surface area contributed by atoms with Crippen LogP contribution in [0.25, 0.3) is 0 Å². The van der Waals surface area contributed by atoms with Gasteiger partial charge in [0, 0.05) is 17.9 Å². The second kappa shape index (κ2) is 5.60. The summed E-state index contributed by atoms with van der Waals surface area (Å²) >= 11 is 0.871. The van der Waals surface area contributed by atoms with Crippen molar-refractivity contribution in [2.45, 2.75) is 17.1 Å². The molecule has 2 N–H and O–H groups in total. The van der Waals surface area contributed by atoms with Crippen molar-refractivity contribution in [3.05, 3.63) is 49.9 Å². The molecule has 2 aromatic rings. The number of hydrogen-bond donors (Lipinski definition) is 2. The molecule has 7 nitrogen and oxygen atoms in total. The van der Waals surface area contributed by atoms with Crippen LogP contribution in [0.4, 0.5) is 18.9 Å². The average Bonchev–Trinajstić information content (AvgIpc) is 2.81. The van der Waals surface area contributed by atoms with Gasteiger partial charge >= 0.3 is 11.9 Å². The average molecular weight is 320 g/mol. The van der Waals surface area contributed by atoms with E-state index in [4.69, 9.17) is 0 Å². The Morgan fingerprint density at radius 3 is 2.62 bits per heavy atom. The Balaban J connectivity index is 2.29. The number of nitro groups is 1. The Bertz CT molecular complexity index is 725. The predicted octanol–water partition coefficient (Wildman–Crippen LogP) is 2.32. The van der Waals surface area contributed by atoms with E-state index in [0.717, 1.165) is 23.9 Å². The zero-order valence-electron chi connectivity index (χ0n) is 10.1. The van der Waals surface area contributed by atoms with E-state index in [2.05, 4.69) is 15.2 Å². The molecule has 21 heavy (non-hydrogen) atoms. The number of nitrogens with zero attached hydrogens (tertiary/aromatic N) is 2. The Kier molecular flexibility index (Phi) is 4.02. The lowest BCUT2D eigenvalue weighted by Gasteiger charge is -2.11. The van der Waals surface area contributed by atoms with Crippen LogP contribution in [0.1, 0.15) is 11.1 Å². The molecular weight excluding hydrogens is 313 g/mol. The fourth-order valence-electron chi connectivity index (χ4n) is 1.54. The zero-order valence-corrected chi connectivity index (χ0v) is 10.9. The lowest BCUT2D eigenvalue weighted by atomic mass is 10.1. The van der Waals surface area contributed by atoms with Gasteiger partial charge in [-0.3, -0.25) is 15.1 Å². The number of aromatic nitrogens is 3. The van der Waals surface area contributed by atoms with Crippen molar-refractivity contribution in [1.82, 2.24) is 15.2 Å². The summed E-state index contributed by atoms with van der Waals surface area (Å²) < 4.78 is 38.7. The van der Waals surface area contributed by atoms with Gasteiger partial charge in [-0.25, -0.2) is 9.89 Å². The third kappa shape index (κ3) is 3.62. The van der Waals surface area contributed by atoms with Crippen LogP contribution in [-0.4, -0.2) is 20.1 Å². The topological polar surface area (TPSA) is 105 Å². The summed E-state index contributed by atoms with van der Waals surface area (Å²) in [4.78, 5) is 22.8. The molecular formula is C10H7F3N4O3S. The summed E-state index contributed by atoms with van der Waals surface area (Å²) in [5, 5.41) is 16.3. The van der Waals surface area contributed by atoms with Gasteiger partial charge in [-0.05, 0) is 5.56 Å². The summed E-state index contributed by atoms with van der Waals surface area (Å²) in [6, 6.07) is 2.53. The molecule has 0 aliphatic carbocycles. The number of hydrogen-bond acceptors (Lipinski definition) is 5. The normalized spacial score (nSPS) is 11.6. The number of halogens is 3. The third-order valence-corrected chi connectivity index (χ3v) is 3.38. The molecule has 112 valence electrons. The molecule has 0 saturated heterocycles. The minimum Gasteiger partial charge on any atom is -0.284 e. The summed E-state index contributed by atoms with van der Waals surface area (Å²) in [5.41, 5.74) is -2.43. The number of nitrogens with one attached hydrogen (secondary N) is 2. The molecule has 0 fully saturated rings. The molecule has 1 aromatic carbocycles. The zero-order chi connectivity index (χ0) is 15.6. The van der Waals surface area contributed by atoms with Crippen LogP contribution in [0.5, 0.6) is 0 Å². The first-order chi connectivity index (χ1) is 9.77. The van der Waals surface area contributed by atoms with E-state index in [0.29, 0.717) is 6.07 Å². The van der Waals surface area contributed by atoms with Gasteiger partial charge in [0.2, 0.25) is 0 Å². The van der Waals surface area contributed by atoms with E-state index < -0.39 is 28.0 Å². The number of nitro benzene ring substituents is 1. The molecule has 1 aromatic heterocycles. The van der Waals surface area contributed by atoms with Crippen molar-refractivity contribution < 1.29 is 18.1 Å². The quantitative estimate of drug-likeness (QED) is 0.511. The highest BCUT2D eigenvalue weighted by Crippen LogP contribution is 2.36. The van der Waals surface area contributed by atoms with Crippen molar-refractivity contribution in [2.24, 2.45) is 0 Å². The number of H-pyrrole nitrogens is 2. The van der Waals surface area contributed by atoms with Gasteiger partial charge < -0.3 is 0 Å². The van der Waals surface area contributed by atoms with E-state index in [1.165, 1.54) is 0 Å². The van der Waals surface area contributed by atoms with E-state index in [1.807, 2.05) is 0 Å². The summed E-state index contributed by atoms with van der Waals surface area (Å²) in [6.07, 6.45) is -4.71. The van der Waals surface area contributed by atoms with E-state index >= 15 is 0 Å². The standard InChI is InChI=1S/C10H7F3N4O3S/c11-10(12,13)7-3-6(17(19)20)2-1-5(7)4-21-9-14-8(18)15-16-9/h1-3H,4H2,(H2,14,15,16,18). The molecule has 0 saturated carbocycles. The number of rotatable bonds is 4. The van der Waals surface area contributed by atoms with Crippen LogP contribution in [0, 0.1) is 10.1 Å². The third-order valence-electron chi connectivity index (χ3n) is 2.45. The molecule has 11 heteroatoms. The van der Waals surface area contributed by atoms with Crippen LogP contribution in [-0.2, 0) is 11.9 Å². The molecule has 0 bridgehead atoms. The SMILES string of the molecule is O=c1[nH]nc(SCc2ccc([N+](=O)[O-])cc2C(F)(F)F)[nH]1. The van der Waals surface area contributed by atoms with Gasteiger partial charge in [0.05, 0.1) is 10.5 Å². The summed E-state index contributed by atoms with van der Waals surface area (Å²) in [7, 11) is 0. The molecule has 0 unspecified atom stereocenters. The number of non-ortho nitro benzene ring substituents is 1. The maximum atomic E-state index is 12.9. The van der Waals surface area contributed by atoms with E-state index in [-0.39, 0.29) is 16.5 Å². The van der Waals surface area contributed by atoms with Crippen molar-refractivity contribution >= 4 is 17.4 Å². The Labute approximate surface area is 118 Å². The van der Waals surface area contributed by atoms with Gasteiger partial charge in [0.25, 0.3) is 5.69 Å². The van der Waals surface area contributed by atoms with Crippen LogP contribution >= 0.6 is 11.8 Å². The van der Waals surface area contributed by atoms with Gasteiger partial charge in [-0.2, -0.15) is 13.2 Å². The van der Waals surface area contributed by atoms with Gasteiger partial charge in [0.15, 0.2) is 5.16 Å². The second-order valence-corrected chi connectivity index (χ2v) is 4.83. The minimum absolute atomic E-state index is 0.131. The molecule has 0 atom stereocenters. The molecule has 1 heterocycles. The Morgan fingerprint density at radius 1 is 1.38 bits per heavy atom. The van der Waals surface area contributed by atoms with Gasteiger partial charge in [-0.15, -0.1) is 5.10 Å². The number of benzene rings is 1. The smallest absolute Gasteiger partial charge is 0.284 e. The van der Waals surface area contributed by atoms with Crippen molar-refractivity contribution in [3.63, 3.8) is 0 Å². The lowest BCUT2D eigenvalue weighted by molar-refractivity contribution is -0.385. The lowest BCUT2D eigenvalue weighted by Crippen LogP contribution is -2.09. The largest absolute Gasteiger partial charge is 0.416 e. The highest BCUT2D eigenvalue weighted by atomic mass is 32.2. The van der Waals surface area contributed by atoms with Crippen LogP contribution < -0.4 is 5.69 Å². The molecule has 0 aliphatic rings. The fourth-order valence-corrected chi connectivity index (χ4v) is 2.36. The first-order valence-electron chi connectivity index (χ1n) is 5.39. The molecule has 0 radical (unpaired) electrons. The monoisotopic (exact) mass is 320 g/mol. The molecule has 2 rings (SSSR count). The second-order valence-electron chi connectivity index (χ2n) is 3.87. The van der Waals surface area contributed by atoms with Gasteiger partial charge in [-0.1, -0.05) is 17.8 Å². The van der Waals surface area contributed by atoms with Crippen LogP contribution in [0.15, 0.2) is 28.2 Å². The molecule has 0 aliphatic heterocycles. The number of thioether (sulfide) groups is 1. The van der Waals surface area contributed by atoms with E-state index in [1.54, 1.807) is 0 Å². The predicted molar refractivity (Wildman–Crippen MR) is 66.9 cm³/mol. The van der Waals surface area contributed by atoms with Crippen LogP contribution in [0.3, 0.4) is 0 Å². The number of alkyl halides is 3. The van der Waals surface area contributed by atoms with E-state index in [9.17, 15) is 28.1 Å². The first-order valence-corrected chi connectivity index (χ1v) is 6.38. The maximum Gasteiger partial charge on any atom is 0.416 e. The fraction of sp³-hybridized carbons (Fsp3) is 0.200. The summed E-state index contributed by atoms with van der Waals surface area (Å²) in [6.45, 7) is 0. The highest BCUT2D eigenvalue weighted by Gasteiger charge is 2.34. The van der Waals surface area contributed by atoms with Crippen molar-refractivity contribution in [3.8, 4) is 0 Å². The molecule has 0 amide bonds. The highest BCUT2D eigenvalue weighted by molar-refractivity contribution is 7.98. The van der Waals surface area contributed by atoms with Gasteiger partial charge in [0.1, 0.15) is 0 Å². The number of aromatic amines is 2. The Hall–Kier alpha value is -2.30. The molecule has 0 spiro atoms. The minimum atomic E-state index is -4.71. The summed E-state index contributed by atoms with van der Waals surface area (Å²) in [5.74, 6) is -0.145. The van der Waals surface area contributed by atoms with Crippen LogP contribution in [0.2, 0.25) is 0 Å². The first kappa shape index (κ1) is 15.1. The Morgan fingerprint density at radius 2 is 2.10 bits per heavy atom. The van der Waals surface area contributed by atoms with Crippen molar-refractivity contribution in [2.75, 3.05) is 0 Å².